The normalized spacial score (nSPS) is 12.2. The predicted molar refractivity (Wildman–Crippen MR) is 245 cm³/mol. The zero-order valence-corrected chi connectivity index (χ0v) is 32.4. The maximum atomic E-state index is 14.2. The van der Waals surface area contributed by atoms with Gasteiger partial charge in [-0.15, -0.1) is 0 Å². The fraction of sp³-hybridized carbons (Fsp3) is 0. The smallest absolute Gasteiger partial charge is 0.193 e. The number of nitrogens with zero attached hydrogens (tertiary/aromatic N) is 3. The maximum Gasteiger partial charge on any atom is 0.193 e. The molecule has 0 bridgehead atoms. The van der Waals surface area contributed by atoms with E-state index in [1.54, 1.807) is 0 Å². The lowest BCUT2D eigenvalue weighted by Gasteiger charge is -2.32. The second-order valence-electron chi connectivity index (χ2n) is 15.3. The Bertz CT molecular complexity index is 3400. The summed E-state index contributed by atoms with van der Waals surface area (Å²) >= 11 is 0. The minimum absolute atomic E-state index is 0.0202. The molecule has 0 N–H and O–H groups in total. The van der Waals surface area contributed by atoms with Crippen molar-refractivity contribution in [3.63, 3.8) is 0 Å². The van der Waals surface area contributed by atoms with E-state index in [1.807, 2.05) is 66.7 Å². The molecular weight excluding hydrogens is 735 g/mol. The molecule has 0 radical (unpaired) electrons. The van der Waals surface area contributed by atoms with Gasteiger partial charge in [0.15, 0.2) is 17.3 Å². The van der Waals surface area contributed by atoms with Gasteiger partial charge in [-0.05, 0) is 120 Å². The second kappa shape index (κ2) is 13.5. The molecule has 1 aliphatic rings. The molecule has 0 aliphatic carbocycles. The number of benzene rings is 9. The van der Waals surface area contributed by atoms with Gasteiger partial charge in [-0.3, -0.25) is 4.79 Å². The molecule has 5 heteroatoms. The molecule has 0 atom stereocenters. The Morgan fingerprint density at radius 3 is 1.35 bits per heavy atom. The third-order valence-electron chi connectivity index (χ3n) is 11.9. The van der Waals surface area contributed by atoms with Crippen molar-refractivity contribution in [3.05, 3.63) is 223 Å². The van der Waals surface area contributed by atoms with Gasteiger partial charge in [0.25, 0.3) is 0 Å². The molecule has 12 rings (SSSR count). The summed E-state index contributed by atoms with van der Waals surface area (Å²) in [5.74, 6) is 1.56. The van der Waals surface area contributed by atoms with Gasteiger partial charge >= 0.3 is 0 Å². The lowest BCUT2D eigenvalue weighted by molar-refractivity contribution is 0.103. The van der Waals surface area contributed by atoms with Gasteiger partial charge in [0.05, 0.1) is 33.4 Å². The Labute approximate surface area is 346 Å². The number of carbonyl (C=O) groups is 1. The largest absolute Gasteiger partial charge is 0.453 e. The van der Waals surface area contributed by atoms with Gasteiger partial charge in [-0.25, -0.2) is 0 Å². The Balaban J connectivity index is 0.902. The first-order chi connectivity index (χ1) is 29.7. The summed E-state index contributed by atoms with van der Waals surface area (Å²) in [6.07, 6.45) is 0. The average Bonchev–Trinajstić information content (AvgIpc) is 3.83. The highest BCUT2D eigenvalue weighted by molar-refractivity contribution is 6.15. The van der Waals surface area contributed by atoms with Gasteiger partial charge in [-0.2, -0.15) is 0 Å². The van der Waals surface area contributed by atoms with Crippen LogP contribution >= 0.6 is 0 Å². The van der Waals surface area contributed by atoms with Crippen LogP contribution in [0, 0.1) is 0 Å². The van der Waals surface area contributed by atoms with Gasteiger partial charge in [0.1, 0.15) is 0 Å². The van der Waals surface area contributed by atoms with E-state index >= 15 is 0 Å². The number of hydrogen-bond acceptors (Lipinski definition) is 3. The Morgan fingerprint density at radius 1 is 0.350 bits per heavy atom. The van der Waals surface area contributed by atoms with Crippen molar-refractivity contribution in [1.82, 2.24) is 9.13 Å². The minimum Gasteiger partial charge on any atom is -0.453 e. The van der Waals surface area contributed by atoms with E-state index in [2.05, 4.69) is 160 Å². The number of ketones is 1. The third-order valence-corrected chi connectivity index (χ3v) is 11.9. The van der Waals surface area contributed by atoms with E-state index in [-0.39, 0.29) is 5.78 Å². The van der Waals surface area contributed by atoms with Crippen molar-refractivity contribution in [1.29, 1.82) is 0 Å². The zero-order chi connectivity index (χ0) is 39.7. The average molecular weight is 770 g/mol. The van der Waals surface area contributed by atoms with Crippen molar-refractivity contribution in [2.24, 2.45) is 0 Å². The highest BCUT2D eigenvalue weighted by atomic mass is 16.5. The Morgan fingerprint density at radius 2 is 0.800 bits per heavy atom. The van der Waals surface area contributed by atoms with Crippen LogP contribution in [0.1, 0.15) is 15.9 Å². The summed E-state index contributed by atoms with van der Waals surface area (Å²) in [6, 6.07) is 73.3. The Hall–Kier alpha value is -8.15. The van der Waals surface area contributed by atoms with E-state index in [1.165, 1.54) is 21.8 Å². The van der Waals surface area contributed by atoms with Crippen molar-refractivity contribution in [3.8, 4) is 34.0 Å². The van der Waals surface area contributed by atoms with E-state index in [0.29, 0.717) is 11.1 Å². The summed E-state index contributed by atoms with van der Waals surface area (Å²) in [7, 11) is 0. The molecule has 60 heavy (non-hydrogen) atoms. The monoisotopic (exact) mass is 769 g/mol. The lowest BCUT2D eigenvalue weighted by Crippen LogP contribution is -2.15. The van der Waals surface area contributed by atoms with Gasteiger partial charge in [0.2, 0.25) is 0 Å². The molecule has 5 nitrogen and oxygen atoms in total. The Kier molecular flexibility index (Phi) is 7.62. The molecule has 11 aromatic rings. The van der Waals surface area contributed by atoms with Crippen molar-refractivity contribution in [2.75, 3.05) is 4.90 Å². The SMILES string of the molecule is O=C(c1ccc(N2c3ccccc3Oc3ccccc32)cc1)c1ccc2c(c1)c1ccccc1n2-c1cccc(-c2cccc(-n3c4ccccc4c4ccccc43)c2)c1. The fourth-order valence-electron chi connectivity index (χ4n) is 9.15. The maximum absolute atomic E-state index is 14.2. The molecule has 1 aliphatic heterocycles. The van der Waals surface area contributed by atoms with Crippen LogP contribution in [0.5, 0.6) is 11.5 Å². The van der Waals surface area contributed by atoms with Crippen LogP contribution in [0.4, 0.5) is 17.1 Å². The summed E-state index contributed by atoms with van der Waals surface area (Å²) in [5.41, 5.74) is 13.1. The van der Waals surface area contributed by atoms with Crippen LogP contribution in [-0.4, -0.2) is 14.9 Å². The van der Waals surface area contributed by atoms with Crippen molar-refractivity contribution < 1.29 is 9.53 Å². The predicted octanol–water partition coefficient (Wildman–Crippen LogP) is 14.4. The minimum atomic E-state index is -0.0202. The van der Waals surface area contributed by atoms with E-state index in [9.17, 15) is 4.79 Å². The molecular formula is C55H35N3O2. The molecule has 0 fully saturated rings. The number of para-hydroxylation sites is 7. The first-order valence-corrected chi connectivity index (χ1v) is 20.2. The third kappa shape index (κ3) is 5.30. The van der Waals surface area contributed by atoms with Crippen LogP contribution in [0.3, 0.4) is 0 Å². The summed E-state index contributed by atoms with van der Waals surface area (Å²) in [6.45, 7) is 0. The molecule has 0 unspecified atom stereocenters. The molecule has 3 heterocycles. The molecule has 0 saturated carbocycles. The van der Waals surface area contributed by atoms with E-state index < -0.39 is 0 Å². The molecule has 282 valence electrons. The van der Waals surface area contributed by atoms with Gasteiger partial charge in [-0.1, -0.05) is 103 Å². The van der Waals surface area contributed by atoms with Crippen LogP contribution in [0.15, 0.2) is 212 Å². The number of aromatic nitrogens is 2. The van der Waals surface area contributed by atoms with Crippen molar-refractivity contribution in [2.45, 2.75) is 0 Å². The standard InChI is InChI=1S/C55H35N3O2/c59-55(36-27-30-40(31-28-36)56-51-23-7-9-25-53(51)60-54-26-10-8-24-52(54)56)39-29-32-50-46(35-39)45-19-3-6-22-49(45)58(50)42-16-12-14-38(34-42)37-13-11-15-41(33-37)57-47-20-4-1-17-43(47)44-18-2-5-21-48(44)57/h1-35H. The quantitative estimate of drug-likeness (QED) is 0.158. The van der Waals surface area contributed by atoms with Crippen LogP contribution in [-0.2, 0) is 0 Å². The first kappa shape index (κ1) is 33.9. The van der Waals surface area contributed by atoms with Gasteiger partial charge in [0, 0.05) is 49.7 Å². The number of anilines is 3. The highest BCUT2D eigenvalue weighted by Crippen LogP contribution is 2.50. The number of rotatable bonds is 6. The molecule has 0 amide bonds. The topological polar surface area (TPSA) is 39.4 Å². The van der Waals surface area contributed by atoms with E-state index in [4.69, 9.17) is 4.74 Å². The van der Waals surface area contributed by atoms with E-state index in [0.717, 1.165) is 72.9 Å². The fourth-order valence-corrected chi connectivity index (χ4v) is 9.15. The first-order valence-electron chi connectivity index (χ1n) is 20.2. The van der Waals surface area contributed by atoms with Crippen LogP contribution < -0.4 is 9.64 Å². The zero-order valence-electron chi connectivity index (χ0n) is 32.4. The highest BCUT2D eigenvalue weighted by Gasteiger charge is 2.26. The lowest BCUT2D eigenvalue weighted by atomic mass is 10.0. The van der Waals surface area contributed by atoms with Crippen LogP contribution in [0.2, 0.25) is 0 Å². The van der Waals surface area contributed by atoms with Crippen molar-refractivity contribution >= 4 is 66.5 Å². The second-order valence-corrected chi connectivity index (χ2v) is 15.3. The number of carbonyl (C=O) groups excluding carboxylic acids is 1. The molecule has 2 aromatic heterocycles. The number of ether oxygens (including phenoxy) is 1. The van der Waals surface area contributed by atoms with Crippen LogP contribution in [0.25, 0.3) is 66.1 Å². The van der Waals surface area contributed by atoms with Gasteiger partial charge < -0.3 is 18.8 Å². The summed E-state index contributed by atoms with van der Waals surface area (Å²) in [5, 5.41) is 4.63. The number of fused-ring (bicyclic) bond motifs is 8. The molecule has 0 saturated heterocycles. The summed E-state index contributed by atoms with van der Waals surface area (Å²) in [4.78, 5) is 16.4. The molecule has 9 aromatic carbocycles. The number of hydrogen-bond donors (Lipinski definition) is 0. The molecule has 0 spiro atoms. The summed E-state index contributed by atoms with van der Waals surface area (Å²) < 4.78 is 10.9.